The molecule has 0 aliphatic carbocycles. The van der Waals surface area contributed by atoms with Gasteiger partial charge >= 0.3 is 0 Å². The quantitative estimate of drug-likeness (QED) is 0.571. The van der Waals surface area contributed by atoms with Crippen molar-refractivity contribution in [2.45, 2.75) is 13.5 Å². The van der Waals surface area contributed by atoms with Crippen molar-refractivity contribution in [1.82, 2.24) is 24.9 Å². The van der Waals surface area contributed by atoms with E-state index in [0.717, 1.165) is 39.6 Å². The van der Waals surface area contributed by atoms with Gasteiger partial charge in [0.25, 0.3) is 0 Å². The molecule has 0 N–H and O–H groups in total. The molecule has 0 saturated heterocycles. The fourth-order valence-corrected chi connectivity index (χ4v) is 2.99. The SMILES string of the molecule is Cc1nn(C)c2ncnc(N(C)Cc3cc(-c4ccccc4)on3)c12. The molecule has 0 aliphatic heterocycles. The Kier molecular flexibility index (Phi) is 3.68. The molecule has 3 heterocycles. The number of benzene rings is 1. The van der Waals surface area contributed by atoms with E-state index in [1.807, 2.05) is 62.3 Å². The van der Waals surface area contributed by atoms with Crippen molar-refractivity contribution in [3.8, 4) is 11.3 Å². The second kappa shape index (κ2) is 6.01. The molecule has 4 rings (SSSR count). The minimum absolute atomic E-state index is 0.580. The lowest BCUT2D eigenvalue weighted by molar-refractivity contribution is 0.423. The summed E-state index contributed by atoms with van der Waals surface area (Å²) in [6.45, 7) is 2.55. The molecule has 4 aromatic rings. The summed E-state index contributed by atoms with van der Waals surface area (Å²) in [5.74, 6) is 1.59. The van der Waals surface area contributed by atoms with Crippen LogP contribution in [0.5, 0.6) is 0 Å². The van der Waals surface area contributed by atoms with Crippen LogP contribution in [-0.4, -0.2) is 32.0 Å². The van der Waals surface area contributed by atoms with Gasteiger partial charge in [0.2, 0.25) is 0 Å². The highest BCUT2D eigenvalue weighted by molar-refractivity contribution is 5.89. The lowest BCUT2D eigenvalue weighted by Crippen LogP contribution is -2.18. The zero-order chi connectivity index (χ0) is 17.4. The summed E-state index contributed by atoms with van der Waals surface area (Å²) in [4.78, 5) is 10.8. The van der Waals surface area contributed by atoms with E-state index in [-0.39, 0.29) is 0 Å². The third-order valence-corrected chi connectivity index (χ3v) is 4.15. The highest BCUT2D eigenvalue weighted by Crippen LogP contribution is 2.26. The first kappa shape index (κ1) is 15.3. The first-order valence-corrected chi connectivity index (χ1v) is 8.00. The van der Waals surface area contributed by atoms with Gasteiger partial charge in [0.05, 0.1) is 17.6 Å². The molecule has 126 valence electrons. The molecular formula is C18H18N6O. The molecule has 7 nitrogen and oxygen atoms in total. The Bertz CT molecular complexity index is 1020. The van der Waals surface area contributed by atoms with Crippen LogP contribution in [0.2, 0.25) is 0 Å². The number of hydrogen-bond acceptors (Lipinski definition) is 6. The number of rotatable bonds is 4. The summed E-state index contributed by atoms with van der Waals surface area (Å²) in [7, 11) is 3.86. The predicted octanol–water partition coefficient (Wildman–Crippen LogP) is 2.96. The van der Waals surface area contributed by atoms with Crippen LogP contribution in [0.3, 0.4) is 0 Å². The van der Waals surface area contributed by atoms with Crippen LogP contribution in [0.25, 0.3) is 22.4 Å². The Balaban J connectivity index is 1.63. The standard InChI is InChI=1S/C18H18N6O/c1-12-16-17(19-11-20-18(16)24(3)21-12)23(2)10-14-9-15(25-22-14)13-7-5-4-6-8-13/h4-9,11H,10H2,1-3H3. The zero-order valence-corrected chi connectivity index (χ0v) is 14.3. The average molecular weight is 334 g/mol. The third kappa shape index (κ3) is 2.73. The number of nitrogens with zero attached hydrogens (tertiary/aromatic N) is 6. The smallest absolute Gasteiger partial charge is 0.167 e. The minimum Gasteiger partial charge on any atom is -0.356 e. The maximum atomic E-state index is 5.48. The van der Waals surface area contributed by atoms with Gasteiger partial charge in [-0.1, -0.05) is 35.5 Å². The summed E-state index contributed by atoms with van der Waals surface area (Å²) in [6, 6.07) is 11.9. The zero-order valence-electron chi connectivity index (χ0n) is 14.3. The van der Waals surface area contributed by atoms with E-state index in [2.05, 4.69) is 20.2 Å². The van der Waals surface area contributed by atoms with Crippen molar-refractivity contribution in [2.24, 2.45) is 7.05 Å². The largest absolute Gasteiger partial charge is 0.356 e. The molecule has 0 unspecified atom stereocenters. The fourth-order valence-electron chi connectivity index (χ4n) is 2.99. The van der Waals surface area contributed by atoms with Crippen LogP contribution in [-0.2, 0) is 13.6 Å². The Morgan fingerprint density at radius 2 is 1.96 bits per heavy atom. The number of aromatic nitrogens is 5. The van der Waals surface area contributed by atoms with E-state index in [4.69, 9.17) is 4.52 Å². The molecule has 0 atom stereocenters. The summed E-state index contributed by atoms with van der Waals surface area (Å²) >= 11 is 0. The summed E-state index contributed by atoms with van der Waals surface area (Å²) in [6.07, 6.45) is 1.56. The Morgan fingerprint density at radius 3 is 2.76 bits per heavy atom. The number of anilines is 1. The van der Waals surface area contributed by atoms with Crippen molar-refractivity contribution < 1.29 is 4.52 Å². The van der Waals surface area contributed by atoms with Gasteiger partial charge in [0, 0.05) is 25.7 Å². The van der Waals surface area contributed by atoms with E-state index in [0.29, 0.717) is 6.54 Å². The molecule has 0 amide bonds. The van der Waals surface area contributed by atoms with Gasteiger partial charge in [-0.3, -0.25) is 4.68 Å². The first-order valence-electron chi connectivity index (χ1n) is 8.00. The molecule has 0 fully saturated rings. The first-order chi connectivity index (χ1) is 12.1. The van der Waals surface area contributed by atoms with E-state index < -0.39 is 0 Å². The monoisotopic (exact) mass is 334 g/mol. The maximum absolute atomic E-state index is 5.48. The Hall–Kier alpha value is -3.22. The topological polar surface area (TPSA) is 72.9 Å². The van der Waals surface area contributed by atoms with Crippen molar-refractivity contribution in [3.05, 3.63) is 54.1 Å². The van der Waals surface area contributed by atoms with Crippen LogP contribution in [0, 0.1) is 6.92 Å². The summed E-state index contributed by atoms with van der Waals surface area (Å²) < 4.78 is 7.25. The van der Waals surface area contributed by atoms with Crippen molar-refractivity contribution in [3.63, 3.8) is 0 Å². The molecule has 0 radical (unpaired) electrons. The lowest BCUT2D eigenvalue weighted by atomic mass is 10.1. The highest BCUT2D eigenvalue weighted by atomic mass is 16.5. The van der Waals surface area contributed by atoms with Gasteiger partial charge in [-0.2, -0.15) is 5.10 Å². The van der Waals surface area contributed by atoms with Gasteiger partial charge in [0.15, 0.2) is 11.4 Å². The molecule has 0 spiro atoms. The van der Waals surface area contributed by atoms with Gasteiger partial charge in [-0.05, 0) is 6.92 Å². The van der Waals surface area contributed by atoms with Crippen LogP contribution in [0.4, 0.5) is 5.82 Å². The van der Waals surface area contributed by atoms with Crippen LogP contribution < -0.4 is 4.90 Å². The van der Waals surface area contributed by atoms with Crippen LogP contribution in [0.15, 0.2) is 47.2 Å². The Morgan fingerprint density at radius 1 is 1.16 bits per heavy atom. The van der Waals surface area contributed by atoms with E-state index >= 15 is 0 Å². The van der Waals surface area contributed by atoms with Crippen molar-refractivity contribution >= 4 is 16.9 Å². The second-order valence-corrected chi connectivity index (χ2v) is 6.01. The minimum atomic E-state index is 0.580. The average Bonchev–Trinajstić information content (AvgIpc) is 3.21. The second-order valence-electron chi connectivity index (χ2n) is 6.01. The van der Waals surface area contributed by atoms with E-state index in [9.17, 15) is 0 Å². The number of aryl methyl sites for hydroxylation is 2. The number of fused-ring (bicyclic) bond motifs is 1. The number of hydrogen-bond donors (Lipinski definition) is 0. The predicted molar refractivity (Wildman–Crippen MR) is 95.1 cm³/mol. The van der Waals surface area contributed by atoms with Crippen molar-refractivity contribution in [1.29, 1.82) is 0 Å². The van der Waals surface area contributed by atoms with E-state index in [1.165, 1.54) is 0 Å². The molecule has 7 heteroatoms. The summed E-state index contributed by atoms with van der Waals surface area (Å²) in [5, 5.41) is 9.58. The normalized spacial score (nSPS) is 11.2. The molecule has 0 saturated carbocycles. The highest BCUT2D eigenvalue weighted by Gasteiger charge is 2.17. The maximum Gasteiger partial charge on any atom is 0.167 e. The Labute approximate surface area is 144 Å². The molecule has 3 aromatic heterocycles. The van der Waals surface area contributed by atoms with Crippen molar-refractivity contribution in [2.75, 3.05) is 11.9 Å². The van der Waals surface area contributed by atoms with E-state index in [1.54, 1.807) is 11.0 Å². The van der Waals surface area contributed by atoms with Crippen LogP contribution in [0.1, 0.15) is 11.4 Å². The molecule has 0 aliphatic rings. The molecule has 1 aromatic carbocycles. The lowest BCUT2D eigenvalue weighted by Gasteiger charge is -2.17. The molecule has 25 heavy (non-hydrogen) atoms. The van der Waals surface area contributed by atoms with Gasteiger partial charge < -0.3 is 9.42 Å². The van der Waals surface area contributed by atoms with Gasteiger partial charge in [0.1, 0.15) is 17.8 Å². The van der Waals surface area contributed by atoms with Crippen LogP contribution >= 0.6 is 0 Å². The molecule has 0 bridgehead atoms. The fraction of sp³-hybridized carbons (Fsp3) is 0.222. The summed E-state index contributed by atoms with van der Waals surface area (Å²) in [5.41, 5.74) is 3.58. The molecular weight excluding hydrogens is 316 g/mol. The third-order valence-electron chi connectivity index (χ3n) is 4.15. The van der Waals surface area contributed by atoms with Gasteiger partial charge in [-0.15, -0.1) is 0 Å². The van der Waals surface area contributed by atoms with Gasteiger partial charge in [-0.25, -0.2) is 9.97 Å².